The van der Waals surface area contributed by atoms with E-state index in [1.165, 1.54) is 20.1 Å². The highest BCUT2D eigenvalue weighted by molar-refractivity contribution is 5.94. The van der Waals surface area contributed by atoms with E-state index in [0.717, 1.165) is 0 Å². The van der Waals surface area contributed by atoms with Gasteiger partial charge in [-0.3, -0.25) is 9.59 Å². The van der Waals surface area contributed by atoms with E-state index in [9.17, 15) is 14.0 Å². The van der Waals surface area contributed by atoms with Crippen LogP contribution in [0.5, 0.6) is 11.5 Å². The Kier molecular flexibility index (Phi) is 8.21. The number of carbonyl (C=O) groups excluding carboxylic acids is 2. The lowest BCUT2D eigenvalue weighted by molar-refractivity contribution is -0.116. The lowest BCUT2D eigenvalue weighted by Crippen LogP contribution is -2.26. The van der Waals surface area contributed by atoms with Crippen LogP contribution in [0.1, 0.15) is 44.0 Å². The summed E-state index contributed by atoms with van der Waals surface area (Å²) < 4.78 is 25.2. The lowest BCUT2D eigenvalue weighted by Gasteiger charge is -2.24. The molecule has 0 radical (unpaired) electrons. The maximum atomic E-state index is 14.3. The molecular weight excluding hydrogens is 387 g/mol. The van der Waals surface area contributed by atoms with Crippen LogP contribution >= 0.6 is 0 Å². The summed E-state index contributed by atoms with van der Waals surface area (Å²) in [7, 11) is 3.33. The van der Waals surface area contributed by atoms with Crippen molar-refractivity contribution in [2.45, 2.75) is 39.7 Å². The minimum absolute atomic E-state index is 0.0585. The molecule has 1 N–H and O–H groups in total. The van der Waals surface area contributed by atoms with Gasteiger partial charge in [0.1, 0.15) is 5.82 Å². The van der Waals surface area contributed by atoms with E-state index in [2.05, 4.69) is 5.32 Å². The van der Waals surface area contributed by atoms with Gasteiger partial charge in [0.2, 0.25) is 5.91 Å². The number of carbonyl (C=O) groups is 2. The number of halogens is 1. The molecule has 2 aromatic rings. The monoisotopic (exact) mass is 416 g/mol. The van der Waals surface area contributed by atoms with Gasteiger partial charge in [-0.25, -0.2) is 4.39 Å². The summed E-state index contributed by atoms with van der Waals surface area (Å²) in [4.78, 5) is 25.4. The highest BCUT2D eigenvalue weighted by Crippen LogP contribution is 2.28. The molecule has 0 aliphatic carbocycles. The van der Waals surface area contributed by atoms with Crippen LogP contribution in [0.15, 0.2) is 36.4 Å². The van der Waals surface area contributed by atoms with Gasteiger partial charge in [0.15, 0.2) is 17.3 Å². The van der Waals surface area contributed by atoms with E-state index in [1.807, 2.05) is 25.8 Å². The van der Waals surface area contributed by atoms with E-state index in [0.29, 0.717) is 41.5 Å². The summed E-state index contributed by atoms with van der Waals surface area (Å²) in [6.07, 6.45) is 0.698. The van der Waals surface area contributed by atoms with Crippen LogP contribution in [0, 0.1) is 5.82 Å². The maximum Gasteiger partial charge on any atom is 0.224 e. The zero-order valence-electron chi connectivity index (χ0n) is 18.1. The molecule has 0 fully saturated rings. The topological polar surface area (TPSA) is 67.9 Å². The Morgan fingerprint density at radius 1 is 1.13 bits per heavy atom. The van der Waals surface area contributed by atoms with E-state index < -0.39 is 0 Å². The van der Waals surface area contributed by atoms with Crippen molar-refractivity contribution in [3.8, 4) is 11.5 Å². The Bertz CT molecular complexity index is 899. The largest absolute Gasteiger partial charge is 0.493 e. The Morgan fingerprint density at radius 2 is 1.87 bits per heavy atom. The average molecular weight is 416 g/mol. The number of ether oxygens (including phenoxy) is 2. The van der Waals surface area contributed by atoms with Crippen LogP contribution in [0.2, 0.25) is 0 Å². The van der Waals surface area contributed by atoms with Crippen molar-refractivity contribution in [2.75, 3.05) is 31.0 Å². The molecule has 0 bridgehead atoms. The molecule has 0 atom stereocenters. The van der Waals surface area contributed by atoms with Crippen molar-refractivity contribution < 1.29 is 23.5 Å². The lowest BCUT2D eigenvalue weighted by atomic mass is 10.1. The fourth-order valence-electron chi connectivity index (χ4n) is 2.79. The van der Waals surface area contributed by atoms with Crippen molar-refractivity contribution >= 4 is 23.1 Å². The number of rotatable bonds is 10. The first-order chi connectivity index (χ1) is 14.2. The molecule has 1 amide bonds. The second kappa shape index (κ2) is 10.6. The molecule has 162 valence electrons. The molecule has 0 saturated carbocycles. The van der Waals surface area contributed by atoms with Gasteiger partial charge in [0.25, 0.3) is 0 Å². The first-order valence-electron chi connectivity index (χ1n) is 9.87. The summed E-state index contributed by atoms with van der Waals surface area (Å²) >= 11 is 0. The quantitative estimate of drug-likeness (QED) is 0.450. The number of ketones is 1. The first kappa shape index (κ1) is 23.2. The van der Waals surface area contributed by atoms with Gasteiger partial charge in [-0.05, 0) is 63.6 Å². The predicted octanol–water partition coefficient (Wildman–Crippen LogP) is 4.68. The SMILES string of the molecule is COc1cc(C(C)=O)ccc1OCCCC(=O)Nc1ccc(N(C)C(C)C)c(F)c1. The highest BCUT2D eigenvalue weighted by Gasteiger charge is 2.12. The summed E-state index contributed by atoms with van der Waals surface area (Å²) in [5, 5.41) is 2.70. The molecule has 0 saturated heterocycles. The Morgan fingerprint density at radius 3 is 2.47 bits per heavy atom. The highest BCUT2D eigenvalue weighted by atomic mass is 19.1. The second-order valence-electron chi connectivity index (χ2n) is 7.29. The number of nitrogens with zero attached hydrogens (tertiary/aromatic N) is 1. The van der Waals surface area contributed by atoms with Crippen LogP contribution in [-0.4, -0.2) is 38.5 Å². The Labute approximate surface area is 177 Å². The Hall–Kier alpha value is -3.09. The number of hydrogen-bond donors (Lipinski definition) is 1. The minimum atomic E-state index is -0.381. The summed E-state index contributed by atoms with van der Waals surface area (Å²) in [5.74, 6) is 0.316. The zero-order valence-corrected chi connectivity index (χ0v) is 18.1. The number of benzene rings is 2. The third-order valence-electron chi connectivity index (χ3n) is 4.76. The Balaban J connectivity index is 1.84. The van der Waals surface area contributed by atoms with Crippen molar-refractivity contribution in [1.82, 2.24) is 0 Å². The van der Waals surface area contributed by atoms with Crippen molar-refractivity contribution in [3.63, 3.8) is 0 Å². The van der Waals surface area contributed by atoms with Crippen LogP contribution in [-0.2, 0) is 4.79 Å². The zero-order chi connectivity index (χ0) is 22.3. The summed E-state index contributed by atoms with van der Waals surface area (Å²) in [6, 6.07) is 9.80. The van der Waals surface area contributed by atoms with Gasteiger partial charge in [-0.1, -0.05) is 0 Å². The van der Waals surface area contributed by atoms with E-state index >= 15 is 0 Å². The molecule has 0 aromatic heterocycles. The van der Waals surface area contributed by atoms with Gasteiger partial charge in [-0.15, -0.1) is 0 Å². The van der Waals surface area contributed by atoms with Crippen LogP contribution in [0.4, 0.5) is 15.8 Å². The van der Waals surface area contributed by atoms with E-state index in [-0.39, 0.29) is 30.0 Å². The van der Waals surface area contributed by atoms with Gasteiger partial charge in [0, 0.05) is 30.8 Å². The number of methoxy groups -OCH3 is 1. The third-order valence-corrected chi connectivity index (χ3v) is 4.76. The number of anilines is 2. The molecule has 0 spiro atoms. The number of nitrogens with one attached hydrogen (secondary N) is 1. The van der Waals surface area contributed by atoms with Crippen LogP contribution in [0.3, 0.4) is 0 Å². The average Bonchev–Trinajstić information content (AvgIpc) is 2.70. The third kappa shape index (κ3) is 6.20. The molecule has 30 heavy (non-hydrogen) atoms. The number of hydrogen-bond acceptors (Lipinski definition) is 5. The molecule has 7 heteroatoms. The van der Waals surface area contributed by atoms with Gasteiger partial charge in [-0.2, -0.15) is 0 Å². The van der Waals surface area contributed by atoms with Crippen molar-refractivity contribution in [3.05, 3.63) is 47.8 Å². The molecule has 2 rings (SSSR count). The molecular formula is C23H29FN2O4. The molecule has 2 aromatic carbocycles. The second-order valence-corrected chi connectivity index (χ2v) is 7.29. The molecule has 6 nitrogen and oxygen atoms in total. The van der Waals surface area contributed by atoms with Gasteiger partial charge < -0.3 is 19.7 Å². The summed E-state index contributed by atoms with van der Waals surface area (Å²) in [5.41, 5.74) is 1.44. The fraction of sp³-hybridized carbons (Fsp3) is 0.391. The predicted molar refractivity (Wildman–Crippen MR) is 116 cm³/mol. The standard InChI is InChI=1S/C23H29FN2O4/c1-15(2)26(4)20-10-9-18(14-19(20)24)25-23(28)7-6-12-30-21-11-8-17(16(3)27)13-22(21)29-5/h8-11,13-15H,6-7,12H2,1-5H3,(H,25,28). The van der Waals surface area contributed by atoms with E-state index in [4.69, 9.17) is 9.47 Å². The van der Waals surface area contributed by atoms with Crippen LogP contribution in [0.25, 0.3) is 0 Å². The minimum Gasteiger partial charge on any atom is -0.493 e. The molecule has 0 aliphatic rings. The number of amides is 1. The number of Topliss-reactive ketones (excluding diaryl/α,β-unsaturated/α-hetero) is 1. The smallest absolute Gasteiger partial charge is 0.224 e. The van der Waals surface area contributed by atoms with Gasteiger partial charge in [0.05, 0.1) is 19.4 Å². The molecule has 0 heterocycles. The molecule has 0 aliphatic heterocycles. The first-order valence-corrected chi connectivity index (χ1v) is 9.87. The molecule has 0 unspecified atom stereocenters. The van der Waals surface area contributed by atoms with Crippen molar-refractivity contribution in [1.29, 1.82) is 0 Å². The fourth-order valence-corrected chi connectivity index (χ4v) is 2.79. The normalized spacial score (nSPS) is 10.6. The van der Waals surface area contributed by atoms with Crippen molar-refractivity contribution in [2.24, 2.45) is 0 Å². The van der Waals surface area contributed by atoms with Gasteiger partial charge >= 0.3 is 0 Å². The summed E-state index contributed by atoms with van der Waals surface area (Å²) in [6.45, 7) is 5.74. The van der Waals surface area contributed by atoms with Crippen LogP contribution < -0.4 is 19.7 Å². The van der Waals surface area contributed by atoms with E-state index in [1.54, 1.807) is 30.3 Å². The maximum absolute atomic E-state index is 14.3.